The Hall–Kier alpha value is -1.67. The number of aromatic nitrogens is 3. The highest BCUT2D eigenvalue weighted by Crippen LogP contribution is 2.38. The van der Waals surface area contributed by atoms with Gasteiger partial charge in [0.05, 0.1) is 12.2 Å². The molecule has 2 aliphatic heterocycles. The Kier molecular flexibility index (Phi) is 3.81. The Bertz CT molecular complexity index is 497. The zero-order valence-electron chi connectivity index (χ0n) is 12.4. The number of nitrogens with two attached hydrogens (primary N) is 1. The molecule has 1 aromatic heterocycles. The van der Waals surface area contributed by atoms with E-state index in [0.29, 0.717) is 11.9 Å². The molecule has 3 rings (SSSR count). The zero-order valence-corrected chi connectivity index (χ0v) is 12.4. The third kappa shape index (κ3) is 2.86. The molecular formula is C13H22N6O2. The fraction of sp³-hybridized carbons (Fsp3) is 0.769. The molecule has 116 valence electrons. The van der Waals surface area contributed by atoms with Crippen molar-refractivity contribution in [2.75, 3.05) is 10.3 Å². The summed E-state index contributed by atoms with van der Waals surface area (Å²) in [6, 6.07) is 0.825. The van der Waals surface area contributed by atoms with Gasteiger partial charge in [0.15, 0.2) is 0 Å². The van der Waals surface area contributed by atoms with Crippen molar-refractivity contribution in [3.05, 3.63) is 0 Å². The first kappa shape index (κ1) is 14.3. The lowest BCUT2D eigenvalue weighted by Crippen LogP contribution is -2.45. The number of aliphatic hydroxyl groups is 1. The van der Waals surface area contributed by atoms with Gasteiger partial charge in [-0.2, -0.15) is 15.0 Å². The molecule has 0 aliphatic carbocycles. The molecule has 2 aliphatic rings. The standard InChI is InChI=1S/C13H22N6O2/c1-7(2)21-13-16-11(18-14)15-12(17-13)19-8-3-4-9(19)6-10(20)5-8/h7-10,20H,3-6,14H2,1-2H3,(H,15,16,17,18). The summed E-state index contributed by atoms with van der Waals surface area (Å²) in [5.41, 5.74) is 2.46. The van der Waals surface area contributed by atoms with Gasteiger partial charge in [-0.05, 0) is 39.5 Å². The van der Waals surface area contributed by atoms with Crippen LogP contribution in [0.25, 0.3) is 0 Å². The van der Waals surface area contributed by atoms with Gasteiger partial charge in [-0.3, -0.25) is 5.43 Å². The van der Waals surface area contributed by atoms with Gasteiger partial charge in [0, 0.05) is 12.1 Å². The highest BCUT2D eigenvalue weighted by atomic mass is 16.5. The van der Waals surface area contributed by atoms with Crippen LogP contribution in [0.4, 0.5) is 11.9 Å². The third-order valence-electron chi connectivity index (χ3n) is 4.01. The number of piperidine rings is 1. The van der Waals surface area contributed by atoms with Gasteiger partial charge in [-0.15, -0.1) is 0 Å². The van der Waals surface area contributed by atoms with Crippen molar-refractivity contribution in [1.82, 2.24) is 15.0 Å². The SMILES string of the molecule is CC(C)Oc1nc(NN)nc(N2C3CCC2CC(O)C3)n1. The van der Waals surface area contributed by atoms with E-state index in [2.05, 4.69) is 25.3 Å². The first-order chi connectivity index (χ1) is 10.1. The largest absolute Gasteiger partial charge is 0.461 e. The molecule has 2 atom stereocenters. The zero-order chi connectivity index (χ0) is 15.0. The number of rotatable bonds is 4. The predicted molar refractivity (Wildman–Crippen MR) is 77.9 cm³/mol. The molecule has 0 aromatic carbocycles. The van der Waals surface area contributed by atoms with E-state index in [9.17, 15) is 5.11 Å². The van der Waals surface area contributed by atoms with Crippen LogP contribution in [0.1, 0.15) is 39.5 Å². The second-order valence-corrected chi connectivity index (χ2v) is 5.97. The highest BCUT2D eigenvalue weighted by Gasteiger charge is 2.41. The van der Waals surface area contributed by atoms with Gasteiger partial charge in [0.1, 0.15) is 0 Å². The normalized spacial score (nSPS) is 28.0. The Morgan fingerprint density at radius 2 is 1.90 bits per heavy atom. The summed E-state index contributed by atoms with van der Waals surface area (Å²) in [5, 5.41) is 9.89. The van der Waals surface area contributed by atoms with Gasteiger partial charge >= 0.3 is 6.01 Å². The Morgan fingerprint density at radius 3 is 2.48 bits per heavy atom. The number of hydrogen-bond donors (Lipinski definition) is 3. The van der Waals surface area contributed by atoms with E-state index in [1.165, 1.54) is 0 Å². The summed E-state index contributed by atoms with van der Waals surface area (Å²) in [6.07, 6.45) is 3.38. The molecular weight excluding hydrogens is 272 g/mol. The van der Waals surface area contributed by atoms with Crippen LogP contribution in [-0.2, 0) is 0 Å². The van der Waals surface area contributed by atoms with Gasteiger partial charge in [0.2, 0.25) is 11.9 Å². The summed E-state index contributed by atoms with van der Waals surface area (Å²) >= 11 is 0. The van der Waals surface area contributed by atoms with E-state index in [1.807, 2.05) is 13.8 Å². The van der Waals surface area contributed by atoms with Crippen molar-refractivity contribution in [3.63, 3.8) is 0 Å². The lowest BCUT2D eigenvalue weighted by molar-refractivity contribution is 0.125. The van der Waals surface area contributed by atoms with Gasteiger partial charge in [-0.25, -0.2) is 5.84 Å². The Labute approximate surface area is 123 Å². The van der Waals surface area contributed by atoms with Crippen molar-refractivity contribution >= 4 is 11.9 Å². The average molecular weight is 294 g/mol. The summed E-state index contributed by atoms with van der Waals surface area (Å²) < 4.78 is 5.57. The molecule has 2 saturated heterocycles. The van der Waals surface area contributed by atoms with E-state index in [0.717, 1.165) is 25.7 Å². The average Bonchev–Trinajstić information content (AvgIpc) is 2.70. The molecule has 1 aromatic rings. The monoisotopic (exact) mass is 294 g/mol. The number of hydrogen-bond acceptors (Lipinski definition) is 8. The molecule has 0 amide bonds. The third-order valence-corrected chi connectivity index (χ3v) is 4.01. The first-order valence-electron chi connectivity index (χ1n) is 7.42. The minimum atomic E-state index is -0.223. The molecule has 8 nitrogen and oxygen atoms in total. The van der Waals surface area contributed by atoms with Crippen molar-refractivity contribution in [2.24, 2.45) is 5.84 Å². The molecule has 2 unspecified atom stereocenters. The van der Waals surface area contributed by atoms with Crippen molar-refractivity contribution in [2.45, 2.75) is 63.8 Å². The molecule has 2 fully saturated rings. The summed E-state index contributed by atoms with van der Waals surface area (Å²) in [4.78, 5) is 15.1. The summed E-state index contributed by atoms with van der Waals surface area (Å²) in [7, 11) is 0. The second kappa shape index (κ2) is 5.61. The Morgan fingerprint density at radius 1 is 1.24 bits per heavy atom. The number of nitrogens with one attached hydrogen (secondary N) is 1. The van der Waals surface area contributed by atoms with Crippen molar-refractivity contribution < 1.29 is 9.84 Å². The van der Waals surface area contributed by atoms with Crippen LogP contribution < -0.4 is 20.9 Å². The maximum atomic E-state index is 9.89. The van der Waals surface area contributed by atoms with E-state index in [1.54, 1.807) is 0 Å². The van der Waals surface area contributed by atoms with Crippen LogP contribution in [0.15, 0.2) is 0 Å². The van der Waals surface area contributed by atoms with Crippen LogP contribution in [-0.4, -0.2) is 44.4 Å². The second-order valence-electron chi connectivity index (χ2n) is 5.97. The van der Waals surface area contributed by atoms with E-state index in [-0.39, 0.29) is 30.3 Å². The predicted octanol–water partition coefficient (Wildman–Crippen LogP) is 0.436. The van der Waals surface area contributed by atoms with Gasteiger partial charge in [0.25, 0.3) is 0 Å². The molecule has 4 N–H and O–H groups in total. The van der Waals surface area contributed by atoms with Crippen LogP contribution in [0.2, 0.25) is 0 Å². The van der Waals surface area contributed by atoms with E-state index in [4.69, 9.17) is 10.6 Å². The number of nitrogen functional groups attached to an aromatic ring is 1. The Balaban J connectivity index is 1.91. The number of ether oxygens (including phenoxy) is 1. The number of nitrogens with zero attached hydrogens (tertiary/aromatic N) is 4. The smallest absolute Gasteiger partial charge is 0.323 e. The topological polar surface area (TPSA) is 109 Å². The fourth-order valence-electron chi connectivity index (χ4n) is 3.26. The number of anilines is 2. The lowest BCUT2D eigenvalue weighted by atomic mass is 10.0. The van der Waals surface area contributed by atoms with Crippen LogP contribution in [0.3, 0.4) is 0 Å². The lowest BCUT2D eigenvalue weighted by Gasteiger charge is -2.37. The quantitative estimate of drug-likeness (QED) is 0.542. The molecule has 0 saturated carbocycles. The van der Waals surface area contributed by atoms with E-state index < -0.39 is 0 Å². The number of hydrazine groups is 1. The first-order valence-corrected chi connectivity index (χ1v) is 7.42. The minimum absolute atomic E-state index is 0.0224. The molecule has 21 heavy (non-hydrogen) atoms. The maximum Gasteiger partial charge on any atom is 0.323 e. The van der Waals surface area contributed by atoms with Crippen LogP contribution in [0, 0.1) is 0 Å². The number of aliphatic hydroxyl groups excluding tert-OH is 1. The summed E-state index contributed by atoms with van der Waals surface area (Å²) in [5.74, 6) is 6.31. The molecule has 3 heterocycles. The molecule has 2 bridgehead atoms. The molecule has 0 radical (unpaired) electrons. The van der Waals surface area contributed by atoms with Crippen molar-refractivity contribution in [3.8, 4) is 6.01 Å². The van der Waals surface area contributed by atoms with Crippen LogP contribution >= 0.6 is 0 Å². The van der Waals surface area contributed by atoms with Gasteiger partial charge < -0.3 is 14.7 Å². The summed E-state index contributed by atoms with van der Waals surface area (Å²) in [6.45, 7) is 3.83. The van der Waals surface area contributed by atoms with Crippen LogP contribution in [0.5, 0.6) is 6.01 Å². The van der Waals surface area contributed by atoms with E-state index >= 15 is 0 Å². The van der Waals surface area contributed by atoms with Gasteiger partial charge in [-0.1, -0.05) is 0 Å². The number of fused-ring (bicyclic) bond motifs is 2. The maximum absolute atomic E-state index is 9.89. The highest BCUT2D eigenvalue weighted by molar-refractivity contribution is 5.42. The molecule has 8 heteroatoms. The van der Waals surface area contributed by atoms with Crippen molar-refractivity contribution in [1.29, 1.82) is 0 Å². The molecule has 0 spiro atoms. The minimum Gasteiger partial charge on any atom is -0.461 e. The fourth-order valence-corrected chi connectivity index (χ4v) is 3.26.